The van der Waals surface area contributed by atoms with Gasteiger partial charge in [0.05, 0.1) is 22.4 Å². The topological polar surface area (TPSA) is 110 Å². The third kappa shape index (κ3) is 5.21. The third-order valence-electron chi connectivity index (χ3n) is 5.03. The number of pyridine rings is 1. The van der Waals surface area contributed by atoms with Crippen molar-refractivity contribution in [2.75, 3.05) is 10.6 Å². The maximum absolute atomic E-state index is 12.7. The molecule has 4 rings (SSSR count). The van der Waals surface area contributed by atoms with Crippen LogP contribution in [-0.4, -0.2) is 20.8 Å². The molecule has 0 aliphatic rings. The molecule has 1 atom stereocenters. The molecule has 2 heterocycles. The van der Waals surface area contributed by atoms with E-state index in [9.17, 15) is 14.9 Å². The number of rotatable bonds is 7. The van der Waals surface area contributed by atoms with Crippen LogP contribution in [0.5, 0.6) is 0 Å². The molecule has 8 nitrogen and oxygen atoms in total. The SMILES string of the molecule is Cc1ccc(-c2csc(NC(=O)c3ccc(NC(C)c4ccccn4)c([N+](=O)[O-])c3)n2)cc1. The van der Waals surface area contributed by atoms with Gasteiger partial charge in [-0.15, -0.1) is 11.3 Å². The average Bonchev–Trinajstić information content (AvgIpc) is 3.28. The Balaban J connectivity index is 1.51. The van der Waals surface area contributed by atoms with Crippen LogP contribution in [0.3, 0.4) is 0 Å². The molecule has 1 unspecified atom stereocenters. The van der Waals surface area contributed by atoms with Crippen molar-refractivity contribution in [2.24, 2.45) is 0 Å². The fourth-order valence-corrected chi connectivity index (χ4v) is 3.96. The van der Waals surface area contributed by atoms with Crippen LogP contribution in [0.2, 0.25) is 0 Å². The van der Waals surface area contributed by atoms with E-state index in [4.69, 9.17) is 0 Å². The molecule has 0 radical (unpaired) electrons. The van der Waals surface area contributed by atoms with Crippen LogP contribution >= 0.6 is 11.3 Å². The van der Waals surface area contributed by atoms with Crippen LogP contribution in [-0.2, 0) is 0 Å². The number of nitrogens with one attached hydrogen (secondary N) is 2. The van der Waals surface area contributed by atoms with E-state index in [0.29, 0.717) is 10.8 Å². The van der Waals surface area contributed by atoms with E-state index in [-0.39, 0.29) is 17.3 Å². The number of hydrogen-bond donors (Lipinski definition) is 2. The van der Waals surface area contributed by atoms with Gasteiger partial charge >= 0.3 is 0 Å². The minimum absolute atomic E-state index is 0.171. The maximum Gasteiger partial charge on any atom is 0.293 e. The summed E-state index contributed by atoms with van der Waals surface area (Å²) in [7, 11) is 0. The fourth-order valence-electron chi connectivity index (χ4n) is 3.24. The van der Waals surface area contributed by atoms with Crippen LogP contribution < -0.4 is 10.6 Å². The van der Waals surface area contributed by atoms with E-state index in [0.717, 1.165) is 22.5 Å². The molecular formula is C24H21N5O3S. The zero-order chi connectivity index (χ0) is 23.4. The monoisotopic (exact) mass is 459 g/mol. The molecule has 2 N–H and O–H groups in total. The highest BCUT2D eigenvalue weighted by Crippen LogP contribution is 2.30. The van der Waals surface area contributed by atoms with Crippen LogP contribution in [0.4, 0.5) is 16.5 Å². The van der Waals surface area contributed by atoms with Crippen LogP contribution in [0.25, 0.3) is 11.3 Å². The van der Waals surface area contributed by atoms with E-state index in [1.807, 2.05) is 55.6 Å². The molecule has 0 bridgehead atoms. The van der Waals surface area contributed by atoms with Crippen LogP contribution in [0.15, 0.2) is 72.2 Å². The van der Waals surface area contributed by atoms with Gasteiger partial charge in [0.15, 0.2) is 5.13 Å². The largest absolute Gasteiger partial charge is 0.371 e. The highest BCUT2D eigenvalue weighted by atomic mass is 32.1. The Bertz CT molecular complexity index is 1290. The maximum atomic E-state index is 12.7. The summed E-state index contributed by atoms with van der Waals surface area (Å²) in [6.07, 6.45) is 1.66. The van der Waals surface area contributed by atoms with E-state index >= 15 is 0 Å². The highest BCUT2D eigenvalue weighted by molar-refractivity contribution is 7.14. The number of aryl methyl sites for hydroxylation is 1. The van der Waals surface area contributed by atoms with Crippen molar-refractivity contribution < 1.29 is 9.72 Å². The van der Waals surface area contributed by atoms with Gasteiger partial charge in [-0.3, -0.25) is 25.2 Å². The quantitative estimate of drug-likeness (QED) is 0.265. The first-order chi connectivity index (χ1) is 15.9. The van der Waals surface area contributed by atoms with Gasteiger partial charge in [0.2, 0.25) is 0 Å². The summed E-state index contributed by atoms with van der Waals surface area (Å²) < 4.78 is 0. The number of nitrogens with zero attached hydrogens (tertiary/aromatic N) is 3. The summed E-state index contributed by atoms with van der Waals surface area (Å²) in [4.78, 5) is 32.6. The van der Waals surface area contributed by atoms with Gasteiger partial charge in [0.25, 0.3) is 11.6 Å². The van der Waals surface area contributed by atoms with Crippen molar-refractivity contribution >= 4 is 33.8 Å². The predicted octanol–water partition coefficient (Wildman–Crippen LogP) is 5.85. The molecule has 2 aromatic heterocycles. The number of thiazole rings is 1. The zero-order valence-corrected chi connectivity index (χ0v) is 18.8. The van der Waals surface area contributed by atoms with Crippen molar-refractivity contribution in [3.63, 3.8) is 0 Å². The molecule has 0 saturated carbocycles. The number of anilines is 2. The summed E-state index contributed by atoms with van der Waals surface area (Å²) in [5, 5.41) is 19.8. The number of nitro groups is 1. The summed E-state index contributed by atoms with van der Waals surface area (Å²) in [5.41, 5.74) is 3.90. The molecule has 2 aromatic carbocycles. The second kappa shape index (κ2) is 9.58. The van der Waals surface area contributed by atoms with Gasteiger partial charge in [0, 0.05) is 28.8 Å². The normalized spacial score (nSPS) is 11.6. The first-order valence-corrected chi connectivity index (χ1v) is 11.1. The lowest BCUT2D eigenvalue weighted by Gasteiger charge is -2.15. The van der Waals surface area contributed by atoms with Gasteiger partial charge in [0.1, 0.15) is 5.69 Å². The second-order valence-corrected chi connectivity index (χ2v) is 8.33. The lowest BCUT2D eigenvalue weighted by atomic mass is 10.1. The lowest BCUT2D eigenvalue weighted by Crippen LogP contribution is -2.13. The molecule has 0 aliphatic heterocycles. The number of nitro benzene ring substituents is 1. The first kappa shape index (κ1) is 22.1. The number of amides is 1. The number of hydrogen-bond acceptors (Lipinski definition) is 7. The molecule has 0 spiro atoms. The Kier molecular flexibility index (Phi) is 6.41. The second-order valence-electron chi connectivity index (χ2n) is 7.47. The Morgan fingerprint density at radius 1 is 1.12 bits per heavy atom. The molecule has 33 heavy (non-hydrogen) atoms. The van der Waals surface area contributed by atoms with Crippen LogP contribution in [0, 0.1) is 17.0 Å². The van der Waals surface area contributed by atoms with Crippen LogP contribution in [0.1, 0.15) is 34.6 Å². The van der Waals surface area contributed by atoms with Gasteiger partial charge < -0.3 is 5.32 Å². The van der Waals surface area contributed by atoms with Gasteiger partial charge in [-0.2, -0.15) is 0 Å². The Morgan fingerprint density at radius 3 is 2.61 bits per heavy atom. The number of carbonyl (C=O) groups excluding carboxylic acids is 1. The smallest absolute Gasteiger partial charge is 0.293 e. The molecule has 0 aliphatic carbocycles. The van der Waals surface area contributed by atoms with Crippen molar-refractivity contribution in [1.82, 2.24) is 9.97 Å². The molecule has 0 saturated heterocycles. The van der Waals surface area contributed by atoms with Gasteiger partial charge in [-0.1, -0.05) is 35.9 Å². The molecule has 166 valence electrons. The fraction of sp³-hybridized carbons (Fsp3) is 0.125. The van der Waals surface area contributed by atoms with Crippen molar-refractivity contribution in [2.45, 2.75) is 19.9 Å². The predicted molar refractivity (Wildman–Crippen MR) is 130 cm³/mol. The molecular weight excluding hydrogens is 438 g/mol. The van der Waals surface area contributed by atoms with Crippen molar-refractivity contribution in [3.8, 4) is 11.3 Å². The summed E-state index contributed by atoms with van der Waals surface area (Å²) in [6, 6.07) is 17.5. The minimum atomic E-state index is -0.511. The third-order valence-corrected chi connectivity index (χ3v) is 5.79. The van der Waals surface area contributed by atoms with Crippen molar-refractivity contribution in [1.29, 1.82) is 0 Å². The number of benzene rings is 2. The number of carbonyl (C=O) groups is 1. The van der Waals surface area contributed by atoms with Gasteiger partial charge in [-0.25, -0.2) is 4.98 Å². The van der Waals surface area contributed by atoms with E-state index in [2.05, 4.69) is 20.6 Å². The first-order valence-electron chi connectivity index (χ1n) is 10.2. The van der Waals surface area contributed by atoms with E-state index in [1.165, 1.54) is 23.5 Å². The standard InChI is InChI=1S/C24H21N5O3S/c1-15-6-8-17(9-7-15)21-14-33-24(27-21)28-23(30)18-10-11-20(22(13-18)29(31)32)26-16(2)19-5-3-4-12-25-19/h3-14,16,26H,1-2H3,(H,27,28,30). The Hall–Kier alpha value is -4.11. The molecule has 4 aromatic rings. The summed E-state index contributed by atoms with van der Waals surface area (Å²) in [5.74, 6) is -0.466. The van der Waals surface area contributed by atoms with E-state index < -0.39 is 10.8 Å². The van der Waals surface area contributed by atoms with E-state index in [1.54, 1.807) is 18.3 Å². The van der Waals surface area contributed by atoms with Crippen molar-refractivity contribution in [3.05, 3.63) is 99.2 Å². The summed E-state index contributed by atoms with van der Waals surface area (Å²) >= 11 is 1.30. The molecule has 1 amide bonds. The minimum Gasteiger partial charge on any atom is -0.371 e. The average molecular weight is 460 g/mol. The summed E-state index contributed by atoms with van der Waals surface area (Å²) in [6.45, 7) is 3.87. The lowest BCUT2D eigenvalue weighted by molar-refractivity contribution is -0.384. The molecule has 0 fully saturated rings. The Morgan fingerprint density at radius 2 is 1.91 bits per heavy atom. The molecule has 9 heteroatoms. The zero-order valence-electron chi connectivity index (χ0n) is 18.0. The Labute approximate surface area is 194 Å². The number of aromatic nitrogens is 2. The highest BCUT2D eigenvalue weighted by Gasteiger charge is 2.20. The van der Waals surface area contributed by atoms with Gasteiger partial charge in [-0.05, 0) is 38.1 Å².